The third-order valence-corrected chi connectivity index (χ3v) is 15.3. The summed E-state index contributed by atoms with van der Waals surface area (Å²) in [6.45, 7) is 11.3. The first-order chi connectivity index (χ1) is 38.7. The van der Waals surface area contributed by atoms with Crippen LogP contribution in [0.1, 0.15) is 69.3 Å². The van der Waals surface area contributed by atoms with E-state index < -0.39 is 59.5 Å². The largest absolute Gasteiger partial charge is 0.486 e. The summed E-state index contributed by atoms with van der Waals surface area (Å²) in [6, 6.07) is 16.1. The lowest BCUT2D eigenvalue weighted by molar-refractivity contribution is -0.142. The molecule has 11 rings (SSSR count). The lowest BCUT2D eigenvalue weighted by atomic mass is 9.88. The normalized spacial score (nSPS) is 17.4. The monoisotopic (exact) mass is 1120 g/mol. The number of carbonyl (C=O) groups is 2. The molecule has 3 aliphatic rings. The molecule has 2 amide bonds. The minimum atomic E-state index is -1.33. The predicted octanol–water partition coefficient (Wildman–Crippen LogP) is 9.45. The molecule has 0 spiro atoms. The van der Waals surface area contributed by atoms with Gasteiger partial charge in [-0.25, -0.2) is 22.2 Å². The van der Waals surface area contributed by atoms with Gasteiger partial charge in [0.25, 0.3) is 0 Å². The maximum atomic E-state index is 15.8. The van der Waals surface area contributed by atoms with Gasteiger partial charge in [-0.15, -0.1) is 5.10 Å². The highest BCUT2D eigenvalue weighted by Gasteiger charge is 2.47. The van der Waals surface area contributed by atoms with Crippen molar-refractivity contribution in [2.24, 2.45) is 5.92 Å². The number of hydrogen-bond acceptors (Lipinski definition) is 13. The number of rotatable bonds is 18. The van der Waals surface area contributed by atoms with E-state index in [1.807, 2.05) is 52.0 Å². The highest BCUT2D eigenvalue weighted by molar-refractivity contribution is 6.35. The Morgan fingerprint density at radius 3 is 2.34 bits per heavy atom. The van der Waals surface area contributed by atoms with Crippen molar-refractivity contribution in [1.29, 1.82) is 0 Å². The fraction of sp³-hybridized carbons (Fsp3) is 0.362. The van der Waals surface area contributed by atoms with Crippen molar-refractivity contribution >= 4 is 51.0 Å². The molecule has 0 saturated carbocycles. The molecule has 418 valence electrons. The lowest BCUT2D eigenvalue weighted by Gasteiger charge is -2.56. The minimum absolute atomic E-state index is 0.0364. The molecule has 6 heterocycles. The van der Waals surface area contributed by atoms with Gasteiger partial charge >= 0.3 is 6.01 Å². The molecule has 3 aliphatic heterocycles. The number of ether oxygens (including phenoxy) is 3. The van der Waals surface area contributed by atoms with Crippen LogP contribution in [0.2, 0.25) is 5.02 Å². The number of aromatic amines is 1. The zero-order valence-electron chi connectivity index (χ0n) is 44.9. The smallest absolute Gasteiger partial charge is 0.319 e. The van der Waals surface area contributed by atoms with Crippen LogP contribution in [0.5, 0.6) is 11.8 Å². The van der Waals surface area contributed by atoms with Crippen LogP contribution in [0.3, 0.4) is 0 Å². The Bertz CT molecular complexity index is 3580. The van der Waals surface area contributed by atoms with E-state index in [-0.39, 0.29) is 42.7 Å². The average Bonchev–Trinajstić information content (AvgIpc) is 4.35. The van der Waals surface area contributed by atoms with Gasteiger partial charge in [0.15, 0.2) is 17.4 Å². The van der Waals surface area contributed by atoms with Gasteiger partial charge in [0.05, 0.1) is 53.8 Å². The van der Waals surface area contributed by atoms with Crippen LogP contribution in [0.4, 0.5) is 23.4 Å². The molecule has 0 bridgehead atoms. The molecule has 5 atom stereocenters. The molecule has 17 nitrogen and oxygen atoms in total. The summed E-state index contributed by atoms with van der Waals surface area (Å²) >= 11 is 7.30. The number of likely N-dealkylation sites (tertiary alicyclic amines) is 1. The molecule has 4 N–H and O–H groups in total. The van der Waals surface area contributed by atoms with E-state index in [1.165, 1.54) is 39.9 Å². The van der Waals surface area contributed by atoms with Crippen molar-refractivity contribution in [2.45, 2.75) is 84.3 Å². The van der Waals surface area contributed by atoms with E-state index in [0.717, 1.165) is 24.7 Å². The van der Waals surface area contributed by atoms with Crippen LogP contribution in [-0.4, -0.2) is 122 Å². The summed E-state index contributed by atoms with van der Waals surface area (Å²) in [5.41, 5.74) is 4.09. The third-order valence-electron chi connectivity index (χ3n) is 15.0. The zero-order chi connectivity index (χ0) is 56.5. The summed E-state index contributed by atoms with van der Waals surface area (Å²) in [6.07, 6.45) is 4.25. The number of aliphatic hydroxyl groups is 1. The summed E-state index contributed by atoms with van der Waals surface area (Å²) in [5.74, 6) is -4.06. The molecule has 3 aromatic heterocycles. The van der Waals surface area contributed by atoms with E-state index in [2.05, 4.69) is 36.0 Å². The van der Waals surface area contributed by atoms with E-state index >= 15 is 4.39 Å². The van der Waals surface area contributed by atoms with Crippen LogP contribution in [-0.2, 0) is 20.9 Å². The molecular formula is C58H60ClF4N11O6. The van der Waals surface area contributed by atoms with Crippen LogP contribution in [0.25, 0.3) is 55.3 Å². The Kier molecular flexibility index (Phi) is 16.4. The fourth-order valence-corrected chi connectivity index (χ4v) is 11.0. The molecule has 3 saturated heterocycles. The molecule has 80 heavy (non-hydrogen) atoms. The van der Waals surface area contributed by atoms with Crippen LogP contribution >= 0.6 is 11.6 Å². The highest BCUT2D eigenvalue weighted by atomic mass is 35.5. The van der Waals surface area contributed by atoms with Crippen molar-refractivity contribution in [1.82, 2.24) is 50.7 Å². The second-order valence-corrected chi connectivity index (χ2v) is 20.5. The van der Waals surface area contributed by atoms with Gasteiger partial charge in [-0.1, -0.05) is 93.0 Å². The van der Waals surface area contributed by atoms with Gasteiger partial charge in [0.1, 0.15) is 54.0 Å². The molecular weight excluding hydrogens is 1060 g/mol. The van der Waals surface area contributed by atoms with Crippen LogP contribution in [0.15, 0.2) is 85.2 Å². The number of amides is 2. The fourth-order valence-electron chi connectivity index (χ4n) is 10.7. The van der Waals surface area contributed by atoms with Gasteiger partial charge in [-0.3, -0.25) is 14.7 Å². The number of halogens is 5. The van der Waals surface area contributed by atoms with Crippen LogP contribution < -0.4 is 25.0 Å². The first-order valence-corrected chi connectivity index (χ1v) is 27.0. The van der Waals surface area contributed by atoms with Crippen LogP contribution in [0, 0.1) is 36.1 Å². The highest BCUT2D eigenvalue weighted by Crippen LogP contribution is 2.49. The Morgan fingerprint density at radius 1 is 0.900 bits per heavy atom. The number of H-pyrrole nitrogens is 1. The Morgan fingerprint density at radius 2 is 1.65 bits per heavy atom. The summed E-state index contributed by atoms with van der Waals surface area (Å²) in [7, 11) is 1.58. The summed E-state index contributed by atoms with van der Waals surface area (Å²) in [5, 5.41) is 34.2. The number of piperazine rings is 1. The number of anilines is 1. The minimum Gasteiger partial charge on any atom is -0.486 e. The number of nitrogens with one attached hydrogen (secondary N) is 3. The maximum absolute atomic E-state index is 15.8. The number of methoxy groups -OCH3 is 1. The quantitative estimate of drug-likeness (QED) is 0.0361. The van der Waals surface area contributed by atoms with Gasteiger partial charge < -0.3 is 39.8 Å². The van der Waals surface area contributed by atoms with Crippen molar-refractivity contribution in [3.8, 4) is 45.3 Å². The number of hydrogen-bond donors (Lipinski definition) is 4. The predicted molar refractivity (Wildman–Crippen MR) is 294 cm³/mol. The second-order valence-electron chi connectivity index (χ2n) is 20.1. The Labute approximate surface area is 463 Å². The van der Waals surface area contributed by atoms with Crippen molar-refractivity contribution < 1.29 is 46.5 Å². The van der Waals surface area contributed by atoms with Gasteiger partial charge in [0, 0.05) is 60.2 Å². The number of carbonyl (C=O) groups excluding carboxylic acids is 2. The number of aromatic nitrogens is 7. The second kappa shape index (κ2) is 23.5. The van der Waals surface area contributed by atoms with Crippen molar-refractivity contribution in [3.63, 3.8) is 0 Å². The summed E-state index contributed by atoms with van der Waals surface area (Å²) in [4.78, 5) is 41.9. The number of fused-ring (bicyclic) bond motifs is 3. The van der Waals surface area contributed by atoms with E-state index in [4.69, 9.17) is 35.8 Å². The van der Waals surface area contributed by atoms with E-state index in [9.17, 15) is 27.9 Å². The van der Waals surface area contributed by atoms with Crippen molar-refractivity contribution in [2.75, 3.05) is 51.5 Å². The van der Waals surface area contributed by atoms with Gasteiger partial charge in [-0.05, 0) is 72.2 Å². The SMILES string of the molecule is CC.COCCOc1nc(N2CC3NCC32)c2cc(Cl)c(-c3c(C)c(F)cc4[nH]ncc34)c(OCc3ccc(-c4cn(C(C(=O)N5CCCC5C(=O)NC(CO)c5ccc(-c6c(F)ccc(F)c6F)cc5)C(C)C)nn4)cc3)c2n1. The van der Waals surface area contributed by atoms with Gasteiger partial charge in [0.2, 0.25) is 11.8 Å². The molecule has 0 aliphatic carbocycles. The molecule has 0 radical (unpaired) electrons. The standard InChI is InChI=1S/C56H54ClF4N11O6.C2H6/c1-28(2)51(55(75)70-17-5-6-44(70)54(74)64-43(26-73)32-11-13-33(14-12-32)47-37(58)15-16-38(59)49(47)61)72-25-41(68-69-72)31-9-7-30(8-10-31)27-78-52-48(46-29(3)39(60)21-40-35(46)22-63-67-40)36(57)20-34-50(52)65-56(77-19-18-76-4)66-53(34)71-24-42-45(71)23-62-42;1-2/h7-16,20-22,25,28,42-45,51,62,73H,5-6,17-19,23-24,26-27H2,1-4H3,(H,63,67)(H,64,74);1-2H3. The number of nitrogens with zero attached hydrogens (tertiary/aromatic N) is 8. The topological polar surface area (TPSA) is 198 Å². The third kappa shape index (κ3) is 10.5. The zero-order valence-corrected chi connectivity index (χ0v) is 45.6. The lowest BCUT2D eigenvalue weighted by Crippen LogP contribution is -2.78. The molecule has 3 fully saturated rings. The molecule has 5 unspecified atom stereocenters. The molecule has 8 aromatic rings. The first kappa shape index (κ1) is 55.6. The van der Waals surface area contributed by atoms with Crippen molar-refractivity contribution in [3.05, 3.63) is 130 Å². The molecule has 22 heteroatoms. The Balaban J connectivity index is 0.00000356. The van der Waals surface area contributed by atoms with E-state index in [1.54, 1.807) is 32.5 Å². The Hall–Kier alpha value is -7.72. The maximum Gasteiger partial charge on any atom is 0.319 e. The average molecular weight is 1120 g/mol. The summed E-state index contributed by atoms with van der Waals surface area (Å²) < 4.78 is 78.4. The van der Waals surface area contributed by atoms with Gasteiger partial charge in [-0.2, -0.15) is 15.1 Å². The number of benzene rings is 5. The van der Waals surface area contributed by atoms with E-state index in [0.29, 0.717) is 110 Å². The molecule has 5 aromatic carbocycles. The first-order valence-electron chi connectivity index (χ1n) is 26.6. The number of aliphatic hydroxyl groups excluding tert-OH is 1.